The second kappa shape index (κ2) is 8.61. The average molecular weight is 421 g/mol. The maximum atomic E-state index is 12.7. The number of benzene rings is 1. The third-order valence-electron chi connectivity index (χ3n) is 6.10. The molecule has 2 aliphatic rings. The van der Waals surface area contributed by atoms with Gasteiger partial charge in [0.05, 0.1) is 32.9 Å². The van der Waals surface area contributed by atoms with E-state index in [0.717, 1.165) is 30.2 Å². The lowest BCUT2D eigenvalue weighted by atomic mass is 9.98. The monoisotopic (exact) mass is 421 g/mol. The van der Waals surface area contributed by atoms with Gasteiger partial charge in [0.25, 0.3) is 5.91 Å². The molecular formula is C24H27N3O4. The Hall–Kier alpha value is -3.03. The van der Waals surface area contributed by atoms with Crippen LogP contribution in [-0.2, 0) is 17.8 Å². The van der Waals surface area contributed by atoms with Crippen molar-refractivity contribution in [1.82, 2.24) is 14.4 Å². The van der Waals surface area contributed by atoms with Crippen LogP contribution in [0.3, 0.4) is 0 Å². The maximum absolute atomic E-state index is 12.7. The molecule has 1 fully saturated rings. The van der Waals surface area contributed by atoms with Crippen molar-refractivity contribution in [3.8, 4) is 5.75 Å². The van der Waals surface area contributed by atoms with Crippen molar-refractivity contribution >= 4 is 5.91 Å². The number of ether oxygens (including phenoxy) is 2. The number of carbonyl (C=O) groups excluding carboxylic acids is 1. The predicted octanol–water partition coefficient (Wildman–Crippen LogP) is 3.17. The number of methoxy groups -OCH3 is 1. The largest absolute Gasteiger partial charge is 0.496 e. The van der Waals surface area contributed by atoms with Crippen molar-refractivity contribution in [3.63, 3.8) is 0 Å². The number of fused-ring (bicyclic) bond motifs is 1. The van der Waals surface area contributed by atoms with Crippen molar-refractivity contribution in [1.29, 1.82) is 0 Å². The van der Waals surface area contributed by atoms with Crippen molar-refractivity contribution in [2.75, 3.05) is 40.0 Å². The highest BCUT2D eigenvalue weighted by atomic mass is 16.5. The molecule has 0 saturated carbocycles. The molecule has 1 amide bonds. The topological polar surface area (TPSA) is 60.1 Å². The molecule has 162 valence electrons. The van der Waals surface area contributed by atoms with Crippen LogP contribution in [0.2, 0.25) is 0 Å². The van der Waals surface area contributed by atoms with Crippen molar-refractivity contribution < 1.29 is 18.7 Å². The molecule has 2 aliphatic heterocycles. The number of nitrogens with zero attached hydrogens (tertiary/aromatic N) is 3. The van der Waals surface area contributed by atoms with Crippen LogP contribution in [0, 0.1) is 0 Å². The predicted molar refractivity (Wildman–Crippen MR) is 115 cm³/mol. The standard InChI is InChI=1S/C24H27N3O4/c1-29-21-7-3-2-5-19(21)23-20-6-4-10-25(20)11-12-27(23)17-18-8-9-22(31-18)24(28)26-13-15-30-16-14-26/h2-10,23H,11-17H2,1H3/t23-/m0/s1. The smallest absolute Gasteiger partial charge is 0.289 e. The van der Waals surface area contributed by atoms with Crippen molar-refractivity contribution in [3.05, 3.63) is 77.5 Å². The number of para-hydroxylation sites is 1. The molecule has 0 bridgehead atoms. The Bertz CT molecular complexity index is 1050. The molecule has 2 aromatic heterocycles. The highest BCUT2D eigenvalue weighted by molar-refractivity contribution is 5.91. The number of hydrogen-bond acceptors (Lipinski definition) is 5. The van der Waals surface area contributed by atoms with E-state index in [9.17, 15) is 4.79 Å². The summed E-state index contributed by atoms with van der Waals surface area (Å²) in [7, 11) is 1.71. The lowest BCUT2D eigenvalue weighted by molar-refractivity contribution is 0.0280. The molecule has 0 aliphatic carbocycles. The first kappa shape index (κ1) is 19.9. The zero-order valence-corrected chi connectivity index (χ0v) is 17.7. The normalized spacial score (nSPS) is 19.3. The Morgan fingerprint density at radius 3 is 2.71 bits per heavy atom. The highest BCUT2D eigenvalue weighted by Crippen LogP contribution is 2.38. The van der Waals surface area contributed by atoms with Crippen LogP contribution in [0.25, 0.3) is 0 Å². The number of furan rings is 1. The van der Waals surface area contributed by atoms with E-state index in [0.29, 0.717) is 38.6 Å². The minimum atomic E-state index is -0.0663. The molecule has 0 unspecified atom stereocenters. The highest BCUT2D eigenvalue weighted by Gasteiger charge is 2.31. The molecule has 1 aromatic carbocycles. The zero-order valence-electron chi connectivity index (χ0n) is 17.7. The van der Waals surface area contributed by atoms with Crippen molar-refractivity contribution in [2.45, 2.75) is 19.1 Å². The molecule has 4 heterocycles. The van der Waals surface area contributed by atoms with E-state index in [2.05, 4.69) is 33.9 Å². The van der Waals surface area contributed by atoms with Gasteiger partial charge in [0.15, 0.2) is 5.76 Å². The van der Waals surface area contributed by atoms with E-state index in [-0.39, 0.29) is 11.9 Å². The Morgan fingerprint density at radius 2 is 1.87 bits per heavy atom. The third-order valence-corrected chi connectivity index (χ3v) is 6.10. The summed E-state index contributed by atoms with van der Waals surface area (Å²) in [5, 5.41) is 0. The van der Waals surface area contributed by atoms with Gasteiger partial charge < -0.3 is 23.4 Å². The summed E-state index contributed by atoms with van der Waals surface area (Å²) in [6.45, 7) is 4.76. The molecule has 0 N–H and O–H groups in total. The average Bonchev–Trinajstić information content (AvgIpc) is 3.49. The van der Waals surface area contributed by atoms with Crippen LogP contribution >= 0.6 is 0 Å². The van der Waals surface area contributed by atoms with Crippen LogP contribution in [0.1, 0.15) is 33.6 Å². The van der Waals surface area contributed by atoms with E-state index in [1.54, 1.807) is 18.1 Å². The number of aromatic nitrogens is 1. The van der Waals surface area contributed by atoms with E-state index in [1.165, 1.54) is 5.69 Å². The number of hydrogen-bond donors (Lipinski definition) is 0. The van der Waals surface area contributed by atoms with Gasteiger partial charge in [-0.3, -0.25) is 9.69 Å². The summed E-state index contributed by atoms with van der Waals surface area (Å²) in [6, 6.07) is 16.2. The van der Waals surface area contributed by atoms with Gasteiger partial charge in [0.2, 0.25) is 0 Å². The third kappa shape index (κ3) is 3.86. The lowest BCUT2D eigenvalue weighted by Crippen LogP contribution is -2.40. The van der Waals surface area contributed by atoms with Gasteiger partial charge in [0.1, 0.15) is 11.5 Å². The molecule has 5 rings (SSSR count). The van der Waals surface area contributed by atoms with Gasteiger partial charge in [-0.25, -0.2) is 0 Å². The molecule has 1 atom stereocenters. The summed E-state index contributed by atoms with van der Waals surface area (Å²) >= 11 is 0. The molecule has 0 radical (unpaired) electrons. The van der Waals surface area contributed by atoms with E-state index in [4.69, 9.17) is 13.9 Å². The molecule has 3 aromatic rings. The number of amides is 1. The van der Waals surface area contributed by atoms with Gasteiger partial charge in [0, 0.05) is 43.6 Å². The molecular weight excluding hydrogens is 394 g/mol. The molecule has 7 heteroatoms. The fourth-order valence-electron chi connectivity index (χ4n) is 4.55. The van der Waals surface area contributed by atoms with Crippen LogP contribution in [0.4, 0.5) is 0 Å². The van der Waals surface area contributed by atoms with E-state index in [1.807, 2.05) is 24.3 Å². The molecule has 7 nitrogen and oxygen atoms in total. The summed E-state index contributed by atoms with van der Waals surface area (Å²) in [5.74, 6) is 1.99. The minimum Gasteiger partial charge on any atom is -0.496 e. The Labute approximate surface area is 181 Å². The summed E-state index contributed by atoms with van der Waals surface area (Å²) in [5.41, 5.74) is 2.35. The van der Waals surface area contributed by atoms with Gasteiger partial charge in [-0.2, -0.15) is 0 Å². The van der Waals surface area contributed by atoms with E-state index < -0.39 is 0 Å². The Morgan fingerprint density at radius 1 is 1.03 bits per heavy atom. The summed E-state index contributed by atoms with van der Waals surface area (Å²) in [6.07, 6.45) is 2.13. The van der Waals surface area contributed by atoms with Gasteiger partial charge in [-0.15, -0.1) is 0 Å². The fourth-order valence-corrected chi connectivity index (χ4v) is 4.55. The first-order valence-electron chi connectivity index (χ1n) is 10.7. The quantitative estimate of drug-likeness (QED) is 0.633. The van der Waals surface area contributed by atoms with Gasteiger partial charge >= 0.3 is 0 Å². The number of morpholine rings is 1. The van der Waals surface area contributed by atoms with Crippen LogP contribution in [0.5, 0.6) is 5.75 Å². The van der Waals surface area contributed by atoms with Gasteiger partial charge in [-0.1, -0.05) is 18.2 Å². The number of carbonyl (C=O) groups is 1. The second-order valence-corrected chi connectivity index (χ2v) is 7.91. The molecule has 1 saturated heterocycles. The van der Waals surface area contributed by atoms with Crippen molar-refractivity contribution in [2.24, 2.45) is 0 Å². The minimum absolute atomic E-state index is 0.0448. The molecule has 0 spiro atoms. The fraction of sp³-hybridized carbons (Fsp3) is 0.375. The number of rotatable bonds is 5. The Balaban J connectivity index is 1.40. The van der Waals surface area contributed by atoms with Crippen LogP contribution in [-0.4, -0.2) is 60.2 Å². The molecule has 31 heavy (non-hydrogen) atoms. The summed E-state index contributed by atoms with van der Waals surface area (Å²) < 4.78 is 19.3. The SMILES string of the molecule is COc1ccccc1[C@H]1c2cccn2CCN1Cc1ccc(C(=O)N2CCOCC2)o1. The first-order chi connectivity index (χ1) is 15.2. The second-order valence-electron chi connectivity index (χ2n) is 7.91. The van der Waals surface area contributed by atoms with Crippen LogP contribution in [0.15, 0.2) is 59.1 Å². The van der Waals surface area contributed by atoms with E-state index >= 15 is 0 Å². The lowest BCUT2D eigenvalue weighted by Gasteiger charge is -2.37. The van der Waals surface area contributed by atoms with Crippen LogP contribution < -0.4 is 4.74 Å². The maximum Gasteiger partial charge on any atom is 0.289 e. The van der Waals surface area contributed by atoms with Gasteiger partial charge in [-0.05, 0) is 30.3 Å². The summed E-state index contributed by atoms with van der Waals surface area (Å²) in [4.78, 5) is 16.9. The first-order valence-corrected chi connectivity index (χ1v) is 10.7. The Kier molecular flexibility index (Phi) is 5.53. The zero-order chi connectivity index (χ0) is 21.2.